The Hall–Kier alpha value is -1.42. The highest BCUT2D eigenvalue weighted by Gasteiger charge is 2.18. The largest absolute Gasteiger partial charge is 0.281 e. The number of benzene rings is 1. The van der Waals surface area contributed by atoms with Crippen molar-refractivity contribution in [3.8, 4) is 0 Å². The maximum Gasteiger partial charge on any atom is 0.272 e. The summed E-state index contributed by atoms with van der Waals surface area (Å²) in [6.45, 7) is 1.85. The minimum absolute atomic E-state index is 0.0516. The van der Waals surface area contributed by atoms with Gasteiger partial charge in [0.15, 0.2) is 0 Å². The second-order valence-corrected chi connectivity index (χ2v) is 4.03. The molecule has 0 spiro atoms. The van der Waals surface area contributed by atoms with Crippen LogP contribution in [0.4, 0.5) is 5.69 Å². The lowest BCUT2D eigenvalue weighted by molar-refractivity contribution is -0.385. The minimum Gasteiger partial charge on any atom is -0.281 e. The molecule has 0 saturated carbocycles. The molecule has 1 unspecified atom stereocenters. The summed E-state index contributed by atoms with van der Waals surface area (Å²) in [5.41, 5.74) is 0.738. The van der Waals surface area contributed by atoms with Crippen LogP contribution in [0, 0.1) is 10.1 Å². The summed E-state index contributed by atoms with van der Waals surface area (Å²) in [6.07, 6.45) is 0.752. The zero-order valence-electron chi connectivity index (χ0n) is 8.85. The van der Waals surface area contributed by atoms with Crippen LogP contribution in [0.1, 0.15) is 31.2 Å². The van der Waals surface area contributed by atoms with E-state index < -0.39 is 10.2 Å². The number of hydrogen-bond acceptors (Lipinski definition) is 3. The van der Waals surface area contributed by atoms with Gasteiger partial charge in [-0.15, -0.1) is 0 Å². The molecule has 0 aromatic heterocycles. The smallest absolute Gasteiger partial charge is 0.272 e. The van der Waals surface area contributed by atoms with E-state index in [1.54, 1.807) is 18.2 Å². The van der Waals surface area contributed by atoms with Gasteiger partial charge in [0.25, 0.3) is 5.69 Å². The average Bonchev–Trinajstić information content (AvgIpc) is 2.25. The Balaban J connectivity index is 2.85. The zero-order valence-corrected chi connectivity index (χ0v) is 9.61. The second-order valence-electron chi connectivity index (χ2n) is 3.61. The first-order chi connectivity index (χ1) is 7.52. The molecule has 0 radical (unpaired) electrons. The molecule has 0 heterocycles. The van der Waals surface area contributed by atoms with Crippen LogP contribution >= 0.6 is 11.6 Å². The summed E-state index contributed by atoms with van der Waals surface area (Å²) in [4.78, 5) is 21.0. The molecule has 1 aromatic rings. The maximum absolute atomic E-state index is 10.8. The number of rotatable bonds is 5. The SMILES string of the molecule is CC(CCC(=O)Cl)c1ccccc1[N+](=O)[O-]. The molecule has 0 saturated heterocycles. The predicted octanol–water partition coefficient (Wildman–Crippen LogP) is 3.24. The summed E-state index contributed by atoms with van der Waals surface area (Å²) in [5, 5.41) is 10.4. The van der Waals surface area contributed by atoms with Crippen LogP contribution < -0.4 is 0 Å². The van der Waals surface area contributed by atoms with Crippen LogP contribution in [-0.4, -0.2) is 10.2 Å². The van der Waals surface area contributed by atoms with Crippen molar-refractivity contribution in [2.45, 2.75) is 25.7 Å². The van der Waals surface area contributed by atoms with E-state index in [0.717, 1.165) is 0 Å². The van der Waals surface area contributed by atoms with Gasteiger partial charge in [-0.2, -0.15) is 0 Å². The van der Waals surface area contributed by atoms with Gasteiger partial charge in [0.2, 0.25) is 5.24 Å². The normalized spacial score (nSPS) is 12.1. The number of nitro benzene ring substituents is 1. The summed E-state index contributed by atoms with van der Waals surface area (Å²) in [5.74, 6) is -0.0516. The van der Waals surface area contributed by atoms with Crippen LogP contribution in [0.3, 0.4) is 0 Å². The molecule has 1 rings (SSSR count). The number of hydrogen-bond donors (Lipinski definition) is 0. The molecule has 0 bridgehead atoms. The van der Waals surface area contributed by atoms with Crippen molar-refractivity contribution in [2.75, 3.05) is 0 Å². The Morgan fingerprint density at radius 1 is 1.50 bits per heavy atom. The average molecular weight is 242 g/mol. The molecule has 86 valence electrons. The fourth-order valence-electron chi connectivity index (χ4n) is 1.56. The summed E-state index contributed by atoms with van der Waals surface area (Å²) >= 11 is 5.24. The quantitative estimate of drug-likeness (QED) is 0.452. The Morgan fingerprint density at radius 3 is 2.69 bits per heavy atom. The highest BCUT2D eigenvalue weighted by Crippen LogP contribution is 2.29. The van der Waals surface area contributed by atoms with Crippen molar-refractivity contribution in [1.82, 2.24) is 0 Å². The van der Waals surface area contributed by atoms with E-state index in [4.69, 9.17) is 11.6 Å². The van der Waals surface area contributed by atoms with Gasteiger partial charge in [0, 0.05) is 18.1 Å². The maximum atomic E-state index is 10.8. The number of carbonyl (C=O) groups is 1. The minimum atomic E-state index is -0.412. The fourth-order valence-corrected chi connectivity index (χ4v) is 1.67. The molecule has 0 aliphatic rings. The molecule has 4 nitrogen and oxygen atoms in total. The van der Waals surface area contributed by atoms with Crippen molar-refractivity contribution in [2.24, 2.45) is 0 Å². The van der Waals surface area contributed by atoms with Gasteiger partial charge in [0.05, 0.1) is 4.92 Å². The van der Waals surface area contributed by atoms with Crippen molar-refractivity contribution in [1.29, 1.82) is 0 Å². The van der Waals surface area contributed by atoms with Gasteiger partial charge >= 0.3 is 0 Å². The monoisotopic (exact) mass is 241 g/mol. The molecule has 0 amide bonds. The molecule has 0 aliphatic carbocycles. The molecular formula is C11H12ClNO3. The summed E-state index contributed by atoms with van der Waals surface area (Å²) < 4.78 is 0. The third-order valence-electron chi connectivity index (χ3n) is 2.44. The third kappa shape index (κ3) is 3.31. The van der Waals surface area contributed by atoms with E-state index in [2.05, 4.69) is 0 Å². The van der Waals surface area contributed by atoms with Crippen LogP contribution in [0.15, 0.2) is 24.3 Å². The van der Waals surface area contributed by atoms with E-state index in [1.807, 2.05) is 6.92 Å². The van der Waals surface area contributed by atoms with Gasteiger partial charge in [-0.1, -0.05) is 25.1 Å². The van der Waals surface area contributed by atoms with Crippen LogP contribution in [0.5, 0.6) is 0 Å². The van der Waals surface area contributed by atoms with Crippen molar-refractivity contribution < 1.29 is 9.72 Å². The van der Waals surface area contributed by atoms with E-state index in [-0.39, 0.29) is 18.0 Å². The van der Waals surface area contributed by atoms with Crippen LogP contribution in [0.2, 0.25) is 0 Å². The van der Waals surface area contributed by atoms with Crippen molar-refractivity contribution >= 4 is 22.5 Å². The van der Waals surface area contributed by atoms with E-state index in [0.29, 0.717) is 12.0 Å². The summed E-state index contributed by atoms with van der Waals surface area (Å²) in [7, 11) is 0. The van der Waals surface area contributed by atoms with Crippen molar-refractivity contribution in [3.05, 3.63) is 39.9 Å². The standard InChI is InChI=1S/C11H12ClNO3/c1-8(6-7-11(12)14)9-4-2-3-5-10(9)13(15)16/h2-5,8H,6-7H2,1H3. The van der Waals surface area contributed by atoms with Gasteiger partial charge in [-0.05, 0) is 23.9 Å². The molecule has 0 aliphatic heterocycles. The van der Waals surface area contributed by atoms with E-state index >= 15 is 0 Å². The first kappa shape index (κ1) is 12.6. The van der Waals surface area contributed by atoms with Crippen molar-refractivity contribution in [3.63, 3.8) is 0 Å². The molecule has 1 aromatic carbocycles. The van der Waals surface area contributed by atoms with E-state index in [9.17, 15) is 14.9 Å². The molecular weight excluding hydrogens is 230 g/mol. The Kier molecular flexibility index (Phi) is 4.43. The molecule has 5 heteroatoms. The second kappa shape index (κ2) is 5.61. The molecule has 0 fully saturated rings. The summed E-state index contributed by atoms with van der Waals surface area (Å²) in [6, 6.07) is 6.55. The van der Waals surface area contributed by atoms with Gasteiger partial charge in [-0.3, -0.25) is 14.9 Å². The topological polar surface area (TPSA) is 60.2 Å². The van der Waals surface area contributed by atoms with Gasteiger partial charge in [-0.25, -0.2) is 0 Å². The fraction of sp³-hybridized carbons (Fsp3) is 0.364. The number of para-hydroxylation sites is 1. The van der Waals surface area contributed by atoms with Gasteiger partial charge in [0.1, 0.15) is 0 Å². The number of halogens is 1. The number of nitrogens with zero attached hydrogens (tertiary/aromatic N) is 1. The highest BCUT2D eigenvalue weighted by atomic mass is 35.5. The lowest BCUT2D eigenvalue weighted by atomic mass is 9.95. The molecule has 16 heavy (non-hydrogen) atoms. The van der Waals surface area contributed by atoms with E-state index in [1.165, 1.54) is 6.07 Å². The Bertz CT molecular complexity index is 406. The Morgan fingerprint density at radius 2 is 2.12 bits per heavy atom. The number of carbonyl (C=O) groups excluding carboxylic acids is 1. The third-order valence-corrected chi connectivity index (χ3v) is 2.63. The molecule has 0 N–H and O–H groups in total. The first-order valence-corrected chi connectivity index (χ1v) is 5.32. The lowest BCUT2D eigenvalue weighted by Gasteiger charge is -2.10. The lowest BCUT2D eigenvalue weighted by Crippen LogP contribution is -2.01. The first-order valence-electron chi connectivity index (χ1n) is 4.94. The predicted molar refractivity (Wildman–Crippen MR) is 61.6 cm³/mol. The number of nitro groups is 1. The Labute approximate surface area is 98.4 Å². The zero-order chi connectivity index (χ0) is 12.1. The van der Waals surface area contributed by atoms with Gasteiger partial charge < -0.3 is 0 Å². The van der Waals surface area contributed by atoms with Crippen LogP contribution in [-0.2, 0) is 4.79 Å². The molecule has 1 atom stereocenters. The highest BCUT2D eigenvalue weighted by molar-refractivity contribution is 6.63. The van der Waals surface area contributed by atoms with Crippen LogP contribution in [0.25, 0.3) is 0 Å².